The monoisotopic (exact) mass is 534 g/mol. The van der Waals surface area contributed by atoms with E-state index in [0.717, 1.165) is 41.3 Å². The number of aryl methyl sites for hydroxylation is 1. The number of nitrogens with one attached hydrogen (secondary N) is 1. The number of morpholine rings is 1. The number of nitrogens with two attached hydrogens (primary N) is 1. The summed E-state index contributed by atoms with van der Waals surface area (Å²) in [6.45, 7) is 9.63. The molecule has 3 aromatic rings. The van der Waals surface area contributed by atoms with Crippen LogP contribution in [0, 0.1) is 0 Å². The van der Waals surface area contributed by atoms with Gasteiger partial charge in [-0.25, -0.2) is 20.4 Å². The summed E-state index contributed by atoms with van der Waals surface area (Å²) in [5.74, 6) is 1.51. The molecule has 4 N–H and O–H groups in total. The van der Waals surface area contributed by atoms with Gasteiger partial charge in [0.25, 0.3) is 5.91 Å². The molecule has 0 aliphatic carbocycles. The zero-order valence-electron chi connectivity index (χ0n) is 22.2. The first-order valence-corrected chi connectivity index (χ1v) is 12.7. The van der Waals surface area contributed by atoms with E-state index >= 15 is 0 Å². The van der Waals surface area contributed by atoms with Crippen molar-refractivity contribution in [2.75, 3.05) is 50.7 Å². The fraction of sp³-hybridized carbons (Fsp3) is 0.385. The van der Waals surface area contributed by atoms with Crippen LogP contribution in [0.3, 0.4) is 0 Å². The van der Waals surface area contributed by atoms with Crippen molar-refractivity contribution in [1.82, 2.24) is 29.9 Å². The van der Waals surface area contributed by atoms with Crippen molar-refractivity contribution in [3.05, 3.63) is 41.9 Å². The van der Waals surface area contributed by atoms with Gasteiger partial charge in [-0.15, -0.1) is 0 Å². The number of fused-ring (bicyclic) bond motifs is 1. The molecule has 4 rings (SSSR count). The van der Waals surface area contributed by atoms with Gasteiger partial charge in [0, 0.05) is 43.3 Å². The second kappa shape index (κ2) is 13.0. The Morgan fingerprint density at radius 1 is 1.26 bits per heavy atom. The predicted octanol–water partition coefficient (Wildman–Crippen LogP) is 1.87. The number of nitrogens with zero attached hydrogens (tertiary/aromatic N) is 8. The topological polar surface area (TPSA) is 159 Å². The van der Waals surface area contributed by atoms with E-state index in [1.54, 1.807) is 5.48 Å². The molecule has 13 nitrogen and oxygen atoms in total. The average molecular weight is 535 g/mol. The van der Waals surface area contributed by atoms with Crippen LogP contribution in [-0.4, -0.2) is 88.5 Å². The molecule has 0 bridgehead atoms. The first-order valence-electron chi connectivity index (χ1n) is 12.7. The van der Waals surface area contributed by atoms with Crippen LogP contribution in [0.5, 0.6) is 0 Å². The van der Waals surface area contributed by atoms with Gasteiger partial charge in [0.1, 0.15) is 5.82 Å². The highest BCUT2D eigenvalue weighted by Gasteiger charge is 2.23. The minimum atomic E-state index is -0.718. The number of carbonyl (C=O) groups excluding carboxylic acids is 1. The first kappa shape index (κ1) is 27.8. The number of amides is 1. The smallest absolute Gasteiger partial charge is 0.277 e. The van der Waals surface area contributed by atoms with Gasteiger partial charge < -0.3 is 19.9 Å². The highest BCUT2D eigenvalue weighted by Crippen LogP contribution is 2.29. The van der Waals surface area contributed by atoms with Gasteiger partial charge in [0.15, 0.2) is 22.8 Å². The molecule has 0 unspecified atom stereocenters. The Morgan fingerprint density at radius 3 is 2.67 bits per heavy atom. The maximum atomic E-state index is 11.7. The van der Waals surface area contributed by atoms with E-state index in [1.165, 1.54) is 12.4 Å². The fourth-order valence-electron chi connectivity index (χ4n) is 4.25. The largest absolute Gasteiger partial charge is 0.399 e. The van der Waals surface area contributed by atoms with Crippen LogP contribution in [0.2, 0.25) is 0 Å². The van der Waals surface area contributed by atoms with Gasteiger partial charge in [-0.2, -0.15) is 0 Å². The Bertz CT molecular complexity index is 1360. The van der Waals surface area contributed by atoms with E-state index < -0.39 is 5.91 Å². The lowest BCUT2D eigenvalue weighted by Crippen LogP contribution is -2.37. The molecule has 0 saturated carbocycles. The zero-order valence-corrected chi connectivity index (χ0v) is 22.2. The van der Waals surface area contributed by atoms with E-state index in [1.807, 2.05) is 36.2 Å². The number of carbonyl (C=O) groups is 1. The number of hydroxylamine groups is 1. The summed E-state index contributed by atoms with van der Waals surface area (Å²) in [6, 6.07) is 7.54. The summed E-state index contributed by atoms with van der Waals surface area (Å²) >= 11 is 0. The van der Waals surface area contributed by atoms with Crippen molar-refractivity contribution in [2.24, 2.45) is 9.98 Å². The van der Waals surface area contributed by atoms with Gasteiger partial charge in [-0.05, 0) is 44.5 Å². The maximum Gasteiger partial charge on any atom is 0.277 e. The third-order valence-corrected chi connectivity index (χ3v) is 6.14. The number of rotatable bonds is 11. The van der Waals surface area contributed by atoms with Crippen LogP contribution in [0.25, 0.3) is 22.6 Å². The number of hydrogen-bond donors (Lipinski definition) is 3. The van der Waals surface area contributed by atoms with E-state index in [4.69, 9.17) is 30.6 Å². The van der Waals surface area contributed by atoms with Crippen molar-refractivity contribution in [3.63, 3.8) is 0 Å². The standard InChI is InChI=1S/C26H34N10O3/c1-4-9-36-21(16-34(3)17-29-15-19(14-28-2)26(37)33-38)30-22-24(35-10-12-39-13-11-35)31-23(32-25(22)36)18-5-7-20(27)8-6-18/h5-8,14-15,38H,2,4,9-13,16-17,27H2,1,3H3,(H,33,37)/b19-14+,29-15-. The molecule has 1 amide bonds. The highest BCUT2D eigenvalue weighted by molar-refractivity contribution is 6.11. The quantitative estimate of drug-likeness (QED) is 0.110. The molecule has 3 heterocycles. The Kier molecular flexibility index (Phi) is 9.31. The molecule has 1 aromatic carbocycles. The molecule has 1 saturated heterocycles. The Hall–Kier alpha value is -4.20. The minimum absolute atomic E-state index is 0.0831. The van der Waals surface area contributed by atoms with Crippen LogP contribution in [0.15, 0.2) is 46.0 Å². The van der Waals surface area contributed by atoms with Crippen molar-refractivity contribution < 1.29 is 14.7 Å². The third-order valence-electron chi connectivity index (χ3n) is 6.14. The molecule has 39 heavy (non-hydrogen) atoms. The molecule has 1 fully saturated rings. The predicted molar refractivity (Wildman–Crippen MR) is 151 cm³/mol. The SMILES string of the molecule is C=N/C=C(\C=N/CN(C)Cc1nc2c(N3CCOCC3)nc(-c3ccc(N)cc3)nc2n1CCC)C(=O)NO. The molecular formula is C26H34N10O3. The molecule has 13 heteroatoms. The summed E-state index contributed by atoms with van der Waals surface area (Å²) in [5.41, 5.74) is 10.6. The van der Waals surface area contributed by atoms with Crippen LogP contribution < -0.4 is 16.1 Å². The number of benzene rings is 1. The molecule has 1 aliphatic heterocycles. The second-order valence-electron chi connectivity index (χ2n) is 9.12. The molecule has 2 aromatic heterocycles. The number of imidazole rings is 1. The third kappa shape index (κ3) is 6.63. The number of hydrogen-bond acceptors (Lipinski definition) is 11. The molecule has 0 spiro atoms. The lowest BCUT2D eigenvalue weighted by atomic mass is 10.2. The van der Waals surface area contributed by atoms with Gasteiger partial charge in [0.2, 0.25) is 0 Å². The molecule has 0 radical (unpaired) electrons. The van der Waals surface area contributed by atoms with Crippen molar-refractivity contribution in [2.45, 2.75) is 26.4 Å². The van der Waals surface area contributed by atoms with Gasteiger partial charge in [-0.3, -0.25) is 24.9 Å². The number of aliphatic imine (C=N–C) groups is 2. The highest BCUT2D eigenvalue weighted by atomic mass is 16.5. The van der Waals surface area contributed by atoms with Crippen molar-refractivity contribution in [1.29, 1.82) is 0 Å². The van der Waals surface area contributed by atoms with Crippen LogP contribution in [0.4, 0.5) is 11.5 Å². The van der Waals surface area contributed by atoms with E-state index in [-0.39, 0.29) is 12.2 Å². The van der Waals surface area contributed by atoms with Crippen molar-refractivity contribution >= 4 is 41.5 Å². The second-order valence-corrected chi connectivity index (χ2v) is 9.12. The zero-order chi connectivity index (χ0) is 27.8. The number of nitrogen functional groups attached to an aromatic ring is 1. The lowest BCUT2D eigenvalue weighted by Gasteiger charge is -2.28. The molecule has 206 valence electrons. The van der Waals surface area contributed by atoms with Crippen LogP contribution in [-0.2, 0) is 22.6 Å². The Labute approximate surface area is 226 Å². The Balaban J connectivity index is 1.70. The average Bonchev–Trinajstić information content (AvgIpc) is 3.29. The number of anilines is 2. The van der Waals surface area contributed by atoms with Gasteiger partial charge >= 0.3 is 0 Å². The van der Waals surface area contributed by atoms with Crippen LogP contribution in [0.1, 0.15) is 19.2 Å². The van der Waals surface area contributed by atoms with E-state index in [0.29, 0.717) is 44.4 Å². The molecule has 1 aliphatic rings. The first-order chi connectivity index (χ1) is 18.9. The normalized spacial score (nSPS) is 14.5. The van der Waals surface area contributed by atoms with E-state index in [2.05, 4.69) is 33.1 Å². The van der Waals surface area contributed by atoms with E-state index in [9.17, 15) is 4.79 Å². The van der Waals surface area contributed by atoms with Gasteiger partial charge in [-0.1, -0.05) is 6.92 Å². The number of aromatic nitrogens is 4. The summed E-state index contributed by atoms with van der Waals surface area (Å²) < 4.78 is 7.71. The molecule has 0 atom stereocenters. The maximum absolute atomic E-state index is 11.7. The van der Waals surface area contributed by atoms with Crippen molar-refractivity contribution in [3.8, 4) is 11.4 Å². The minimum Gasteiger partial charge on any atom is -0.399 e. The summed E-state index contributed by atoms with van der Waals surface area (Å²) in [6.07, 6.45) is 3.46. The molecular weight excluding hydrogens is 500 g/mol. The summed E-state index contributed by atoms with van der Waals surface area (Å²) in [5, 5.41) is 8.89. The Morgan fingerprint density at radius 2 is 2.00 bits per heavy atom. The lowest BCUT2D eigenvalue weighted by molar-refractivity contribution is -0.124. The summed E-state index contributed by atoms with van der Waals surface area (Å²) in [4.78, 5) is 38.7. The summed E-state index contributed by atoms with van der Waals surface area (Å²) in [7, 11) is 1.91. The number of ether oxygens (including phenoxy) is 1. The van der Waals surface area contributed by atoms with Gasteiger partial charge in [0.05, 0.1) is 32.0 Å². The fourth-order valence-corrected chi connectivity index (χ4v) is 4.25. The van der Waals surface area contributed by atoms with Crippen LogP contribution >= 0.6 is 0 Å².